The Kier molecular flexibility index (Phi) is 8.82. The molecule has 1 atom stereocenters. The lowest BCUT2D eigenvalue weighted by Crippen LogP contribution is -2.47. The molecule has 8 nitrogen and oxygen atoms in total. The molecule has 0 radical (unpaired) electrons. The average molecular weight is 405 g/mol. The maximum Gasteiger partial charge on any atom is 0.329 e. The predicted octanol–water partition coefficient (Wildman–Crippen LogP) is 2.13. The standard InChI is InChI=1S/C21H31N3O5/c1-7-22-20(28)23-16(25)12-29-19(27)17(13(2)3)24-18(26)14-8-10-15(11-9-14)21(4,5)6/h8-11,13,17H,7,12H2,1-6H3,(H,24,26)(H2,22,23,25,28)/t17-/m0/s1. The first-order valence-electron chi connectivity index (χ1n) is 9.61. The Hall–Kier alpha value is -2.90. The van der Waals surface area contributed by atoms with Gasteiger partial charge in [0.25, 0.3) is 11.8 Å². The summed E-state index contributed by atoms with van der Waals surface area (Å²) in [5.41, 5.74) is 1.48. The third-order valence-corrected chi connectivity index (χ3v) is 4.16. The summed E-state index contributed by atoms with van der Waals surface area (Å²) >= 11 is 0. The summed E-state index contributed by atoms with van der Waals surface area (Å²) in [6, 6.07) is 5.58. The number of carbonyl (C=O) groups is 4. The van der Waals surface area contributed by atoms with Crippen molar-refractivity contribution in [1.29, 1.82) is 0 Å². The highest BCUT2D eigenvalue weighted by molar-refractivity contribution is 5.98. The number of amides is 4. The lowest BCUT2D eigenvalue weighted by molar-refractivity contribution is -0.151. The molecule has 0 fully saturated rings. The summed E-state index contributed by atoms with van der Waals surface area (Å²) in [5, 5.41) is 7.08. The van der Waals surface area contributed by atoms with Crippen LogP contribution in [0.2, 0.25) is 0 Å². The maximum absolute atomic E-state index is 12.5. The van der Waals surface area contributed by atoms with Crippen molar-refractivity contribution in [3.05, 3.63) is 35.4 Å². The molecule has 160 valence electrons. The predicted molar refractivity (Wildman–Crippen MR) is 109 cm³/mol. The van der Waals surface area contributed by atoms with Crippen LogP contribution in [-0.2, 0) is 19.7 Å². The van der Waals surface area contributed by atoms with E-state index in [1.54, 1.807) is 32.9 Å². The summed E-state index contributed by atoms with van der Waals surface area (Å²) in [6.45, 7) is 11.2. The van der Waals surface area contributed by atoms with Crippen molar-refractivity contribution >= 4 is 23.8 Å². The minimum absolute atomic E-state index is 0.0338. The van der Waals surface area contributed by atoms with Gasteiger partial charge in [0.05, 0.1) is 0 Å². The molecule has 0 aliphatic heterocycles. The smallest absolute Gasteiger partial charge is 0.329 e. The largest absolute Gasteiger partial charge is 0.454 e. The molecule has 1 rings (SSSR count). The van der Waals surface area contributed by atoms with Crippen molar-refractivity contribution < 1.29 is 23.9 Å². The zero-order valence-electron chi connectivity index (χ0n) is 17.9. The minimum atomic E-state index is -0.929. The zero-order chi connectivity index (χ0) is 22.2. The van der Waals surface area contributed by atoms with Crippen LogP contribution in [0.15, 0.2) is 24.3 Å². The Labute approximate surface area is 171 Å². The van der Waals surface area contributed by atoms with Crippen LogP contribution in [0.25, 0.3) is 0 Å². The van der Waals surface area contributed by atoms with Gasteiger partial charge < -0.3 is 15.4 Å². The molecule has 0 aromatic heterocycles. The van der Waals surface area contributed by atoms with E-state index in [4.69, 9.17) is 4.74 Å². The zero-order valence-corrected chi connectivity index (χ0v) is 17.9. The Morgan fingerprint density at radius 1 is 1.03 bits per heavy atom. The molecule has 0 saturated carbocycles. The van der Waals surface area contributed by atoms with E-state index in [0.29, 0.717) is 12.1 Å². The Morgan fingerprint density at radius 2 is 1.62 bits per heavy atom. The van der Waals surface area contributed by atoms with Gasteiger partial charge in [-0.05, 0) is 36.0 Å². The highest BCUT2D eigenvalue weighted by Crippen LogP contribution is 2.22. The average Bonchev–Trinajstić information content (AvgIpc) is 2.63. The van der Waals surface area contributed by atoms with Gasteiger partial charge >= 0.3 is 12.0 Å². The number of ether oxygens (including phenoxy) is 1. The van der Waals surface area contributed by atoms with Crippen LogP contribution in [0.3, 0.4) is 0 Å². The molecule has 29 heavy (non-hydrogen) atoms. The first-order chi connectivity index (χ1) is 13.5. The van der Waals surface area contributed by atoms with E-state index < -0.39 is 36.5 Å². The van der Waals surface area contributed by atoms with E-state index in [0.717, 1.165) is 5.56 Å². The number of hydrogen-bond donors (Lipinski definition) is 3. The van der Waals surface area contributed by atoms with Crippen molar-refractivity contribution in [3.8, 4) is 0 Å². The summed E-state index contributed by atoms with van der Waals surface area (Å²) in [4.78, 5) is 47.8. The first-order valence-corrected chi connectivity index (χ1v) is 9.61. The van der Waals surface area contributed by atoms with E-state index in [9.17, 15) is 19.2 Å². The minimum Gasteiger partial charge on any atom is -0.454 e. The third kappa shape index (κ3) is 7.93. The van der Waals surface area contributed by atoms with Gasteiger partial charge in [-0.1, -0.05) is 46.8 Å². The summed E-state index contributed by atoms with van der Waals surface area (Å²) < 4.78 is 4.96. The lowest BCUT2D eigenvalue weighted by atomic mass is 9.86. The second kappa shape index (κ2) is 10.6. The van der Waals surface area contributed by atoms with Crippen LogP contribution in [0, 0.1) is 5.92 Å². The van der Waals surface area contributed by atoms with Gasteiger partial charge in [-0.3, -0.25) is 14.9 Å². The third-order valence-electron chi connectivity index (χ3n) is 4.16. The van der Waals surface area contributed by atoms with Crippen LogP contribution in [0.4, 0.5) is 4.79 Å². The molecular formula is C21H31N3O5. The van der Waals surface area contributed by atoms with E-state index in [1.807, 2.05) is 17.4 Å². The second-order valence-electron chi connectivity index (χ2n) is 8.04. The molecule has 1 aromatic carbocycles. The van der Waals surface area contributed by atoms with Crippen LogP contribution in [-0.4, -0.2) is 43.0 Å². The molecule has 3 N–H and O–H groups in total. The van der Waals surface area contributed by atoms with Crippen molar-refractivity contribution in [1.82, 2.24) is 16.0 Å². The van der Waals surface area contributed by atoms with Gasteiger partial charge in [0.1, 0.15) is 6.04 Å². The van der Waals surface area contributed by atoms with Gasteiger partial charge in [0, 0.05) is 12.1 Å². The van der Waals surface area contributed by atoms with Gasteiger partial charge in [-0.25, -0.2) is 9.59 Å². The van der Waals surface area contributed by atoms with E-state index >= 15 is 0 Å². The molecule has 8 heteroatoms. The molecule has 0 unspecified atom stereocenters. The fourth-order valence-corrected chi connectivity index (χ4v) is 2.44. The fourth-order valence-electron chi connectivity index (χ4n) is 2.44. The lowest BCUT2D eigenvalue weighted by Gasteiger charge is -2.22. The van der Waals surface area contributed by atoms with Crippen molar-refractivity contribution in [2.45, 2.75) is 53.0 Å². The number of carbonyl (C=O) groups excluding carboxylic acids is 4. The number of hydrogen-bond acceptors (Lipinski definition) is 5. The molecule has 4 amide bonds. The van der Waals surface area contributed by atoms with Crippen LogP contribution in [0.1, 0.15) is 57.5 Å². The number of rotatable bonds is 7. The number of urea groups is 1. The van der Waals surface area contributed by atoms with E-state index in [-0.39, 0.29) is 11.3 Å². The van der Waals surface area contributed by atoms with Crippen molar-refractivity contribution in [2.75, 3.05) is 13.2 Å². The fraction of sp³-hybridized carbons (Fsp3) is 0.524. The highest BCUT2D eigenvalue weighted by Gasteiger charge is 2.27. The number of imide groups is 1. The molecule has 1 aromatic rings. The van der Waals surface area contributed by atoms with Gasteiger partial charge in [0.15, 0.2) is 6.61 Å². The SMILES string of the molecule is CCNC(=O)NC(=O)COC(=O)[C@@H](NC(=O)c1ccc(C(C)(C)C)cc1)C(C)C. The molecule has 0 heterocycles. The first kappa shape index (κ1) is 24.1. The van der Waals surface area contributed by atoms with Crippen LogP contribution in [0.5, 0.6) is 0 Å². The van der Waals surface area contributed by atoms with Crippen molar-refractivity contribution in [2.24, 2.45) is 5.92 Å². The summed E-state index contributed by atoms with van der Waals surface area (Å²) in [7, 11) is 0. The quantitative estimate of drug-likeness (QED) is 0.602. The normalized spacial score (nSPS) is 12.1. The molecule has 0 aliphatic carbocycles. The van der Waals surface area contributed by atoms with Gasteiger partial charge in [-0.15, -0.1) is 0 Å². The van der Waals surface area contributed by atoms with Crippen LogP contribution >= 0.6 is 0 Å². The summed E-state index contributed by atoms with van der Waals surface area (Å²) in [5.74, 6) is -2.17. The Morgan fingerprint density at radius 3 is 2.10 bits per heavy atom. The second-order valence-corrected chi connectivity index (χ2v) is 8.04. The van der Waals surface area contributed by atoms with Gasteiger partial charge in [-0.2, -0.15) is 0 Å². The highest BCUT2D eigenvalue weighted by atomic mass is 16.5. The number of benzene rings is 1. The molecule has 0 bridgehead atoms. The molecule has 0 spiro atoms. The van der Waals surface area contributed by atoms with Crippen LogP contribution < -0.4 is 16.0 Å². The topological polar surface area (TPSA) is 114 Å². The molecule has 0 aliphatic rings. The Balaban J connectivity index is 2.70. The summed E-state index contributed by atoms with van der Waals surface area (Å²) in [6.07, 6.45) is 0. The van der Waals surface area contributed by atoms with Gasteiger partial charge in [0.2, 0.25) is 0 Å². The van der Waals surface area contributed by atoms with Crippen molar-refractivity contribution in [3.63, 3.8) is 0 Å². The number of nitrogens with one attached hydrogen (secondary N) is 3. The number of esters is 1. The van der Waals surface area contributed by atoms with E-state index in [2.05, 4.69) is 31.4 Å². The van der Waals surface area contributed by atoms with E-state index in [1.165, 1.54) is 0 Å². The molecular weight excluding hydrogens is 374 g/mol. The maximum atomic E-state index is 12.5. The Bertz CT molecular complexity index is 736. The molecule has 0 saturated heterocycles. The monoisotopic (exact) mass is 405 g/mol.